The summed E-state index contributed by atoms with van der Waals surface area (Å²) >= 11 is 9.57. The van der Waals surface area contributed by atoms with Crippen LogP contribution in [0.25, 0.3) is 6.08 Å². The van der Waals surface area contributed by atoms with E-state index in [1.54, 1.807) is 24.3 Å². The third-order valence-corrected chi connectivity index (χ3v) is 6.02. The van der Waals surface area contributed by atoms with Crippen molar-refractivity contribution < 1.29 is 24.0 Å². The number of barbiturate groups is 1. The fraction of sp³-hybridized carbons (Fsp3) is 0.0417. The smallest absolute Gasteiger partial charge is 0.335 e. The summed E-state index contributed by atoms with van der Waals surface area (Å²) < 4.78 is 6.38. The Morgan fingerprint density at radius 1 is 1.06 bits per heavy atom. The predicted molar refractivity (Wildman–Crippen MR) is 132 cm³/mol. The fourth-order valence-electron chi connectivity index (χ4n) is 3.28. The van der Waals surface area contributed by atoms with Gasteiger partial charge in [-0.1, -0.05) is 35.9 Å². The highest BCUT2D eigenvalue weighted by Gasteiger charge is 2.37. The maximum Gasteiger partial charge on any atom is 0.335 e. The molecule has 1 N–H and O–H groups in total. The third kappa shape index (κ3) is 5.23. The fourth-order valence-corrected chi connectivity index (χ4v) is 3.98. The van der Waals surface area contributed by atoms with E-state index in [2.05, 4.69) is 21.2 Å². The molecule has 1 saturated heterocycles. The number of non-ortho nitro benzene ring substituents is 1. The summed E-state index contributed by atoms with van der Waals surface area (Å²) in [5, 5.41) is 13.6. The van der Waals surface area contributed by atoms with E-state index in [1.807, 2.05) is 18.2 Å². The number of rotatable bonds is 6. The first-order valence-electron chi connectivity index (χ1n) is 10.1. The van der Waals surface area contributed by atoms with Crippen molar-refractivity contribution in [2.45, 2.75) is 6.61 Å². The lowest BCUT2D eigenvalue weighted by Crippen LogP contribution is -2.54. The number of benzene rings is 3. The number of nitrogens with one attached hydrogen (secondary N) is 1. The van der Waals surface area contributed by atoms with Crippen LogP contribution in [-0.2, 0) is 16.2 Å². The van der Waals surface area contributed by atoms with Crippen molar-refractivity contribution in [3.63, 3.8) is 0 Å². The van der Waals surface area contributed by atoms with Gasteiger partial charge in [-0.2, -0.15) is 0 Å². The Bertz CT molecular complexity index is 1390. The zero-order valence-electron chi connectivity index (χ0n) is 17.7. The predicted octanol–water partition coefficient (Wildman–Crippen LogP) is 5.26. The van der Waals surface area contributed by atoms with Crippen LogP contribution in [0.2, 0.25) is 5.02 Å². The second kappa shape index (κ2) is 10.1. The number of imide groups is 2. The number of carbonyl (C=O) groups excluding carboxylic acids is 3. The standard InChI is InChI=1S/C24H15BrClN3O6/c25-19-12-14(5-10-21(19)35-13-15-3-1-2-4-20(15)26)11-18-22(30)27-24(32)28(23(18)31)16-6-8-17(9-7-16)29(33)34/h1-12H,13H2,(H,27,30,32)/b18-11+. The Balaban J connectivity index is 1.56. The van der Waals surface area contributed by atoms with Gasteiger partial charge in [0.1, 0.15) is 17.9 Å². The van der Waals surface area contributed by atoms with Gasteiger partial charge in [0.2, 0.25) is 0 Å². The monoisotopic (exact) mass is 555 g/mol. The molecule has 3 aromatic carbocycles. The van der Waals surface area contributed by atoms with E-state index >= 15 is 0 Å². The number of halogens is 2. The molecule has 11 heteroatoms. The highest BCUT2D eigenvalue weighted by atomic mass is 79.9. The molecule has 0 unspecified atom stereocenters. The van der Waals surface area contributed by atoms with Crippen LogP contribution < -0.4 is 15.0 Å². The van der Waals surface area contributed by atoms with E-state index in [9.17, 15) is 24.5 Å². The molecule has 9 nitrogen and oxygen atoms in total. The molecule has 35 heavy (non-hydrogen) atoms. The van der Waals surface area contributed by atoms with Gasteiger partial charge in [0.05, 0.1) is 15.1 Å². The minimum Gasteiger partial charge on any atom is -0.488 e. The van der Waals surface area contributed by atoms with E-state index in [4.69, 9.17) is 16.3 Å². The number of hydrogen-bond donors (Lipinski definition) is 1. The molecule has 4 amide bonds. The minimum absolute atomic E-state index is 0.0843. The van der Waals surface area contributed by atoms with Crippen LogP contribution in [0.1, 0.15) is 11.1 Å². The largest absolute Gasteiger partial charge is 0.488 e. The lowest BCUT2D eigenvalue weighted by atomic mass is 10.1. The number of carbonyl (C=O) groups is 3. The van der Waals surface area contributed by atoms with Gasteiger partial charge < -0.3 is 4.74 Å². The molecule has 1 heterocycles. The Morgan fingerprint density at radius 3 is 2.43 bits per heavy atom. The molecule has 0 aromatic heterocycles. The van der Waals surface area contributed by atoms with Crippen molar-refractivity contribution in [2.24, 2.45) is 0 Å². The van der Waals surface area contributed by atoms with Gasteiger partial charge in [0, 0.05) is 22.7 Å². The molecule has 1 fully saturated rings. The van der Waals surface area contributed by atoms with Crippen LogP contribution in [-0.4, -0.2) is 22.8 Å². The van der Waals surface area contributed by atoms with Gasteiger partial charge in [-0.3, -0.25) is 25.0 Å². The maximum absolute atomic E-state index is 13.0. The van der Waals surface area contributed by atoms with Gasteiger partial charge in [-0.25, -0.2) is 9.69 Å². The van der Waals surface area contributed by atoms with E-state index in [0.29, 0.717) is 20.8 Å². The van der Waals surface area contributed by atoms with Crippen molar-refractivity contribution in [2.75, 3.05) is 4.90 Å². The lowest BCUT2D eigenvalue weighted by molar-refractivity contribution is -0.384. The van der Waals surface area contributed by atoms with Gasteiger partial charge in [0.25, 0.3) is 17.5 Å². The average Bonchev–Trinajstić information content (AvgIpc) is 2.82. The van der Waals surface area contributed by atoms with Crippen LogP contribution in [0.4, 0.5) is 16.2 Å². The number of anilines is 1. The minimum atomic E-state index is -0.949. The highest BCUT2D eigenvalue weighted by Crippen LogP contribution is 2.30. The first-order chi connectivity index (χ1) is 16.7. The van der Waals surface area contributed by atoms with Crippen molar-refractivity contribution in [1.29, 1.82) is 0 Å². The van der Waals surface area contributed by atoms with Crippen LogP contribution in [0.3, 0.4) is 0 Å². The zero-order valence-corrected chi connectivity index (χ0v) is 20.1. The van der Waals surface area contributed by atoms with Gasteiger partial charge in [-0.15, -0.1) is 0 Å². The number of ether oxygens (including phenoxy) is 1. The maximum atomic E-state index is 13.0. The molecule has 0 bridgehead atoms. The van der Waals surface area contributed by atoms with Crippen LogP contribution in [0.15, 0.2) is 76.8 Å². The molecule has 4 rings (SSSR count). The molecular formula is C24H15BrClN3O6. The molecule has 0 radical (unpaired) electrons. The summed E-state index contributed by atoms with van der Waals surface area (Å²) in [5.74, 6) is -1.19. The number of nitro benzene ring substituents is 1. The van der Waals surface area contributed by atoms with E-state index in [1.165, 1.54) is 18.2 Å². The number of nitrogens with zero attached hydrogens (tertiary/aromatic N) is 2. The Morgan fingerprint density at radius 2 is 1.77 bits per heavy atom. The lowest BCUT2D eigenvalue weighted by Gasteiger charge is -2.26. The topological polar surface area (TPSA) is 119 Å². The average molecular weight is 557 g/mol. The molecule has 3 aromatic rings. The normalized spacial score (nSPS) is 14.7. The Kier molecular flexibility index (Phi) is 6.94. The Labute approximate surface area is 212 Å². The van der Waals surface area contributed by atoms with Crippen LogP contribution in [0.5, 0.6) is 5.75 Å². The van der Waals surface area contributed by atoms with E-state index < -0.39 is 22.8 Å². The molecule has 0 aliphatic carbocycles. The number of amides is 4. The van der Waals surface area contributed by atoms with E-state index in [0.717, 1.165) is 22.6 Å². The SMILES string of the molecule is O=C1NC(=O)N(c2ccc([N+](=O)[O-])cc2)C(=O)/C1=C/c1ccc(OCc2ccccc2Cl)c(Br)c1. The summed E-state index contributed by atoms with van der Waals surface area (Å²) in [6.45, 7) is 0.242. The first kappa shape index (κ1) is 24.1. The summed E-state index contributed by atoms with van der Waals surface area (Å²) in [7, 11) is 0. The first-order valence-corrected chi connectivity index (χ1v) is 11.2. The van der Waals surface area contributed by atoms with Gasteiger partial charge >= 0.3 is 6.03 Å². The number of urea groups is 1. The van der Waals surface area contributed by atoms with E-state index in [-0.39, 0.29) is 23.6 Å². The van der Waals surface area contributed by atoms with Crippen LogP contribution in [0, 0.1) is 10.1 Å². The van der Waals surface area contributed by atoms with Crippen molar-refractivity contribution >= 4 is 62.8 Å². The molecular weight excluding hydrogens is 542 g/mol. The van der Waals surface area contributed by atoms with Crippen molar-refractivity contribution in [1.82, 2.24) is 5.32 Å². The quantitative estimate of drug-likeness (QED) is 0.192. The van der Waals surface area contributed by atoms with Gasteiger partial charge in [0.15, 0.2) is 0 Å². The molecule has 0 spiro atoms. The van der Waals surface area contributed by atoms with Gasteiger partial charge in [-0.05, 0) is 57.9 Å². The second-order valence-electron chi connectivity index (χ2n) is 7.30. The molecule has 1 aliphatic heterocycles. The Hall–Kier alpha value is -4.02. The van der Waals surface area contributed by atoms with Crippen LogP contribution >= 0.6 is 27.5 Å². The summed E-state index contributed by atoms with van der Waals surface area (Å²) in [5.41, 5.74) is 0.916. The second-order valence-corrected chi connectivity index (χ2v) is 8.56. The summed E-state index contributed by atoms with van der Waals surface area (Å²) in [4.78, 5) is 48.7. The third-order valence-electron chi connectivity index (χ3n) is 5.03. The molecule has 0 atom stereocenters. The highest BCUT2D eigenvalue weighted by molar-refractivity contribution is 9.10. The molecule has 1 aliphatic rings. The summed E-state index contributed by atoms with van der Waals surface area (Å²) in [6, 6.07) is 16.1. The summed E-state index contributed by atoms with van der Waals surface area (Å²) in [6.07, 6.45) is 1.34. The number of nitro groups is 1. The van der Waals surface area contributed by atoms with Crippen molar-refractivity contribution in [3.05, 3.63) is 103 Å². The zero-order chi connectivity index (χ0) is 25.1. The van der Waals surface area contributed by atoms with Crippen molar-refractivity contribution in [3.8, 4) is 5.75 Å². The number of hydrogen-bond acceptors (Lipinski definition) is 6. The molecule has 176 valence electrons. The molecule has 0 saturated carbocycles.